The molecule has 0 rings (SSSR count). The van der Waals surface area contributed by atoms with Crippen LogP contribution in [0.3, 0.4) is 0 Å². The summed E-state index contributed by atoms with van der Waals surface area (Å²) in [6, 6.07) is 0. The Bertz CT molecular complexity index is 87.4. The first kappa shape index (κ1) is 16.6. The molecule has 6 heteroatoms. The molecule has 0 saturated heterocycles. The molecule has 0 aliphatic carbocycles. The minimum Gasteiger partial charge on any atom is -0.783 e. The van der Waals surface area contributed by atoms with Gasteiger partial charge in [-0.1, -0.05) is 0 Å². The van der Waals surface area contributed by atoms with Gasteiger partial charge in [-0.05, 0) is 0 Å². The molecule has 0 heterocycles. The Morgan fingerprint density at radius 1 is 0.909 bits per heavy atom. The average Bonchev–Trinajstić information content (AvgIpc) is 1.93. The quantitative estimate of drug-likeness (QED) is 0.411. The van der Waals surface area contributed by atoms with E-state index in [9.17, 15) is 0 Å². The van der Waals surface area contributed by atoms with Crippen LogP contribution < -0.4 is 0 Å². The Morgan fingerprint density at radius 3 is 1.27 bits per heavy atom. The largest absolute Gasteiger partial charge is 4.00 e. The summed E-state index contributed by atoms with van der Waals surface area (Å²) in [7, 11) is 0. The van der Waals surface area contributed by atoms with Crippen molar-refractivity contribution in [3.05, 3.63) is 0 Å². The van der Waals surface area contributed by atoms with Gasteiger partial charge >= 0.3 is 18.6 Å². The molecule has 0 spiro atoms. The number of rotatable bonds is 4. The van der Waals surface area contributed by atoms with Gasteiger partial charge in [0.1, 0.15) is 0 Å². The van der Waals surface area contributed by atoms with Gasteiger partial charge in [0.2, 0.25) is 0 Å². The van der Waals surface area contributed by atoms with Crippen LogP contribution in [0.5, 0.6) is 0 Å². The van der Waals surface area contributed by atoms with Gasteiger partial charge in [0, 0.05) is 0 Å². The zero-order valence-corrected chi connectivity index (χ0v) is 6.59. The molecule has 0 N–H and O–H groups in total. The summed E-state index contributed by atoms with van der Waals surface area (Å²) in [6.07, 6.45) is 2.47. The van der Waals surface area contributed by atoms with Crippen LogP contribution in [-0.4, -0.2) is 25.5 Å². The standard InChI is InChI=1S/C3H2O2.C2O3.V/c4-2-1-3-5;3-1-5-2-4;/h1H2;;/q2*-2;+4. The third-order valence-corrected chi connectivity index (χ3v) is 0.228. The van der Waals surface area contributed by atoms with Crippen molar-refractivity contribution in [2.75, 3.05) is 0 Å². The monoisotopic (exact) mass is 193 g/mol. The molecule has 11 heavy (non-hydrogen) atoms. The van der Waals surface area contributed by atoms with E-state index in [2.05, 4.69) is 4.74 Å². The zero-order valence-electron chi connectivity index (χ0n) is 5.20. The first-order chi connectivity index (χ1) is 4.83. The fourth-order valence-corrected chi connectivity index (χ4v) is 0.0465. The SMILES string of the molecule is O=[C-]C[C-]=O.O=[C-]O[C-]=O.[V+4]. The number of ether oxygens (including phenoxy) is 1. The van der Waals surface area contributed by atoms with Crippen LogP contribution in [0, 0.1) is 0 Å². The molecule has 0 aliphatic rings. The minimum atomic E-state index is -0.222. The maximum Gasteiger partial charge on any atom is 4.00 e. The molecule has 5 nitrogen and oxygen atoms in total. The second-order valence-corrected chi connectivity index (χ2v) is 0.734. The molecular formula is C5H2O5V. The Morgan fingerprint density at radius 2 is 1.27 bits per heavy atom. The van der Waals surface area contributed by atoms with Crippen molar-refractivity contribution in [1.29, 1.82) is 0 Å². The summed E-state index contributed by atoms with van der Waals surface area (Å²) in [6.45, 7) is 1.69. The zero-order chi connectivity index (χ0) is 8.24. The van der Waals surface area contributed by atoms with Gasteiger partial charge in [-0.3, -0.25) is 19.0 Å². The van der Waals surface area contributed by atoms with Crippen molar-refractivity contribution < 1.29 is 42.5 Å². The van der Waals surface area contributed by atoms with Crippen molar-refractivity contribution in [3.63, 3.8) is 0 Å². The molecule has 0 amide bonds. The average molecular weight is 193 g/mol. The topological polar surface area (TPSA) is 77.5 Å². The molecular weight excluding hydrogens is 191 g/mol. The molecule has 0 unspecified atom stereocenters. The molecule has 0 atom stereocenters. The number of carbonyl (C=O) groups excluding carboxylic acids is 4. The van der Waals surface area contributed by atoms with Crippen LogP contribution in [0.25, 0.3) is 0 Å². The van der Waals surface area contributed by atoms with Crippen molar-refractivity contribution in [2.45, 2.75) is 6.42 Å². The summed E-state index contributed by atoms with van der Waals surface area (Å²) < 4.78 is 3.22. The van der Waals surface area contributed by atoms with E-state index >= 15 is 0 Å². The number of hydrogen-bond donors (Lipinski definition) is 0. The minimum absolute atomic E-state index is 0. The van der Waals surface area contributed by atoms with Gasteiger partial charge in [0.15, 0.2) is 0 Å². The van der Waals surface area contributed by atoms with Crippen LogP contribution >= 0.6 is 0 Å². The fraction of sp³-hybridized carbons (Fsp3) is 0.200. The van der Waals surface area contributed by atoms with Crippen molar-refractivity contribution in [2.24, 2.45) is 0 Å². The predicted molar refractivity (Wildman–Crippen MR) is 28.5 cm³/mol. The molecule has 0 aromatic rings. The van der Waals surface area contributed by atoms with E-state index in [1.165, 1.54) is 12.6 Å². The van der Waals surface area contributed by atoms with Gasteiger partial charge in [-0.25, -0.2) is 0 Å². The second-order valence-electron chi connectivity index (χ2n) is 0.734. The Hall–Kier alpha value is -0.936. The summed E-state index contributed by atoms with van der Waals surface area (Å²) in [5.41, 5.74) is 0. The van der Waals surface area contributed by atoms with Crippen LogP contribution in [-0.2, 0) is 42.5 Å². The van der Waals surface area contributed by atoms with Gasteiger partial charge in [0.05, 0.1) is 0 Å². The molecule has 57 valence electrons. The van der Waals surface area contributed by atoms with Crippen molar-refractivity contribution in [3.8, 4) is 0 Å². The van der Waals surface area contributed by atoms with Crippen LogP contribution in [0.2, 0.25) is 0 Å². The third-order valence-electron chi connectivity index (χ3n) is 0.228. The Balaban J connectivity index is -0.000000107. The normalized spacial score (nSPS) is 5.45. The molecule has 1 radical (unpaired) electrons. The summed E-state index contributed by atoms with van der Waals surface area (Å²) in [5.74, 6) is 0. The van der Waals surface area contributed by atoms with E-state index in [0.717, 1.165) is 12.9 Å². The smallest absolute Gasteiger partial charge is 0.783 e. The van der Waals surface area contributed by atoms with E-state index in [1.54, 1.807) is 0 Å². The second kappa shape index (κ2) is 23.0. The van der Waals surface area contributed by atoms with E-state index in [1.807, 2.05) is 0 Å². The molecule has 0 fully saturated rings. The van der Waals surface area contributed by atoms with Gasteiger partial charge in [-0.2, -0.15) is 0 Å². The summed E-state index contributed by atoms with van der Waals surface area (Å²) in [5, 5.41) is 0. The van der Waals surface area contributed by atoms with Gasteiger partial charge < -0.3 is 23.9 Å². The van der Waals surface area contributed by atoms with Crippen LogP contribution in [0.4, 0.5) is 0 Å². The Kier molecular flexibility index (Phi) is 34.6. The maximum atomic E-state index is 9.02. The van der Waals surface area contributed by atoms with E-state index in [4.69, 9.17) is 19.2 Å². The van der Waals surface area contributed by atoms with Crippen LogP contribution in [0.15, 0.2) is 0 Å². The Labute approximate surface area is 75.0 Å². The van der Waals surface area contributed by atoms with Crippen molar-refractivity contribution >= 4 is 25.5 Å². The molecule has 0 aliphatic heterocycles. The van der Waals surface area contributed by atoms with E-state index < -0.39 is 0 Å². The molecule has 0 saturated carbocycles. The summed E-state index contributed by atoms with van der Waals surface area (Å²) in [4.78, 5) is 35.6. The first-order valence-electron chi connectivity index (χ1n) is 1.93. The molecule has 0 bridgehead atoms. The summed E-state index contributed by atoms with van der Waals surface area (Å²) >= 11 is 0. The van der Waals surface area contributed by atoms with E-state index in [-0.39, 0.29) is 25.0 Å². The third kappa shape index (κ3) is 48.2. The van der Waals surface area contributed by atoms with E-state index in [0.29, 0.717) is 0 Å². The van der Waals surface area contributed by atoms with Gasteiger partial charge in [-0.15, -0.1) is 12.9 Å². The fourth-order valence-electron chi connectivity index (χ4n) is 0.0465. The molecule has 0 aromatic heterocycles. The molecule has 0 aromatic carbocycles. The predicted octanol–water partition coefficient (Wildman–Crippen LogP) is -1.27. The van der Waals surface area contributed by atoms with Crippen LogP contribution in [0.1, 0.15) is 6.42 Å². The van der Waals surface area contributed by atoms with Crippen molar-refractivity contribution in [1.82, 2.24) is 0 Å². The number of hydrogen-bond acceptors (Lipinski definition) is 5. The van der Waals surface area contributed by atoms with Gasteiger partial charge in [0.25, 0.3) is 0 Å². The first-order valence-corrected chi connectivity index (χ1v) is 1.93. The maximum absolute atomic E-state index is 9.02.